The van der Waals surface area contributed by atoms with Crippen LogP contribution in [0.4, 0.5) is 0 Å². The second-order valence-corrected chi connectivity index (χ2v) is 8.85. The van der Waals surface area contributed by atoms with E-state index in [4.69, 9.17) is 14.2 Å². The van der Waals surface area contributed by atoms with Crippen LogP contribution in [0.3, 0.4) is 0 Å². The average molecular weight is 527 g/mol. The maximum Gasteiger partial charge on any atom is 0.341 e. The molecule has 0 aromatic rings. The van der Waals surface area contributed by atoms with Crippen LogP contribution in [-0.4, -0.2) is 111 Å². The van der Waals surface area contributed by atoms with Crippen molar-refractivity contribution in [3.8, 4) is 0 Å². The molecule has 1 fully saturated rings. The number of quaternary nitrogens is 1. The second-order valence-electron chi connectivity index (χ2n) is 8.85. The Bertz CT molecular complexity index is 986. The molecule has 0 aromatic carbocycles. The Morgan fingerprint density at radius 1 is 1.11 bits per heavy atom. The molecule has 1 saturated heterocycles. The number of aliphatic hydroxyl groups excluding tert-OH is 5. The summed E-state index contributed by atoms with van der Waals surface area (Å²) in [6.45, 7) is 3.56. The van der Waals surface area contributed by atoms with Gasteiger partial charge in [-0.15, -0.1) is 6.58 Å². The molecule has 9 atom stereocenters. The minimum absolute atomic E-state index is 0.0272. The number of rotatable bonds is 10. The van der Waals surface area contributed by atoms with Gasteiger partial charge in [-0.25, -0.2) is 9.59 Å². The zero-order valence-corrected chi connectivity index (χ0v) is 19.8. The summed E-state index contributed by atoms with van der Waals surface area (Å²) < 4.78 is 16.5. The van der Waals surface area contributed by atoms with Crippen molar-refractivity contribution >= 4 is 11.9 Å². The molecule has 204 valence electrons. The first kappa shape index (κ1) is 28.7. The van der Waals surface area contributed by atoms with Gasteiger partial charge in [-0.3, -0.25) is 0 Å². The molecule has 37 heavy (non-hydrogen) atoms. The number of carboxylic acids is 2. The number of hydrogen-bond acceptors (Lipinski definition) is 10. The van der Waals surface area contributed by atoms with E-state index in [0.29, 0.717) is 17.0 Å². The van der Waals surface area contributed by atoms with E-state index >= 15 is 0 Å². The minimum atomic E-state index is -1.69. The second kappa shape index (κ2) is 12.6. The zero-order chi connectivity index (χ0) is 27.3. The Balaban J connectivity index is 1.85. The van der Waals surface area contributed by atoms with Crippen molar-refractivity contribution in [2.75, 3.05) is 26.3 Å². The number of aliphatic carboxylic acids is 2. The average Bonchev–Trinajstić information content (AvgIpc) is 2.87. The molecular formula is C24H32NO12+. The maximum absolute atomic E-state index is 11.9. The lowest BCUT2D eigenvalue weighted by molar-refractivity contribution is -0.842. The fourth-order valence-electron chi connectivity index (χ4n) is 4.39. The molecule has 8 N–H and O–H groups in total. The third kappa shape index (κ3) is 6.52. The number of aliphatic hydroxyl groups is 5. The summed E-state index contributed by atoms with van der Waals surface area (Å²) >= 11 is 0. The summed E-state index contributed by atoms with van der Waals surface area (Å²) in [6, 6.07) is 0. The van der Waals surface area contributed by atoms with Crippen LogP contribution in [0.15, 0.2) is 60.1 Å². The van der Waals surface area contributed by atoms with Crippen LogP contribution in [0.2, 0.25) is 0 Å². The van der Waals surface area contributed by atoms with Crippen molar-refractivity contribution in [3.05, 3.63) is 60.1 Å². The largest absolute Gasteiger partial charge is 0.478 e. The topological polar surface area (TPSA) is 208 Å². The molecule has 13 nitrogen and oxygen atoms in total. The summed E-state index contributed by atoms with van der Waals surface area (Å²) in [5.41, 5.74) is 0.466. The standard InChI is InChI=1S/C24H31NO12/c1-2-14-15(4-3-12-7-13(21(31)32)9-25(8-12)5-6-26)16(22(33)34)11-35-23(14)37-24-20(30)19(29)18(28)17(10-27)36-24/h2-4,7,9,11,14-15,17-20,23-24,26-30H,1,5-6,8,10H2,(H,31,32)(H,33,34)/p+1/b4-3+/t14-,15+,17-,18-,19+,20-,23+,24+/m1/s1. The highest BCUT2D eigenvalue weighted by molar-refractivity contribution is 5.90. The maximum atomic E-state index is 11.9. The molecule has 0 aliphatic carbocycles. The fourth-order valence-corrected chi connectivity index (χ4v) is 4.39. The minimum Gasteiger partial charge on any atom is -0.478 e. The molecule has 3 rings (SSSR count). The lowest BCUT2D eigenvalue weighted by Crippen LogP contribution is -3.08. The van der Waals surface area contributed by atoms with E-state index in [1.54, 1.807) is 12.2 Å². The fraction of sp³-hybridized carbons (Fsp3) is 0.500. The van der Waals surface area contributed by atoms with Crippen molar-refractivity contribution in [2.45, 2.75) is 37.0 Å². The van der Waals surface area contributed by atoms with Gasteiger partial charge in [0.2, 0.25) is 6.29 Å². The van der Waals surface area contributed by atoms with E-state index < -0.39 is 67.4 Å². The van der Waals surface area contributed by atoms with Gasteiger partial charge in [0.1, 0.15) is 49.3 Å². The van der Waals surface area contributed by atoms with Crippen molar-refractivity contribution in [2.24, 2.45) is 11.8 Å². The lowest BCUT2D eigenvalue weighted by atomic mass is 9.83. The van der Waals surface area contributed by atoms with Gasteiger partial charge in [-0.1, -0.05) is 18.2 Å². The molecule has 1 unspecified atom stereocenters. The van der Waals surface area contributed by atoms with Crippen molar-refractivity contribution in [1.82, 2.24) is 0 Å². The number of carboxylic acid groups (broad SMARTS) is 2. The Kier molecular flexibility index (Phi) is 9.75. The summed E-state index contributed by atoms with van der Waals surface area (Å²) in [7, 11) is 0. The quantitative estimate of drug-likeness (QED) is 0.133. The predicted molar refractivity (Wildman–Crippen MR) is 123 cm³/mol. The van der Waals surface area contributed by atoms with Crippen LogP contribution in [-0.2, 0) is 23.8 Å². The molecule has 0 amide bonds. The smallest absolute Gasteiger partial charge is 0.341 e. The Morgan fingerprint density at radius 2 is 1.84 bits per heavy atom. The van der Waals surface area contributed by atoms with Crippen molar-refractivity contribution < 1.29 is 64.4 Å². The monoisotopic (exact) mass is 526 g/mol. The van der Waals surface area contributed by atoms with Crippen LogP contribution in [0, 0.1) is 11.8 Å². The zero-order valence-electron chi connectivity index (χ0n) is 19.8. The van der Waals surface area contributed by atoms with Gasteiger partial charge in [0.05, 0.1) is 31.0 Å². The molecule has 0 radical (unpaired) electrons. The molecule has 0 aromatic heterocycles. The van der Waals surface area contributed by atoms with Gasteiger partial charge < -0.3 is 54.9 Å². The number of hydrogen-bond donors (Lipinski definition) is 8. The first-order chi connectivity index (χ1) is 17.6. The number of allylic oxidation sites excluding steroid dienone is 1. The van der Waals surface area contributed by atoms with Crippen LogP contribution >= 0.6 is 0 Å². The van der Waals surface area contributed by atoms with Crippen LogP contribution in [0.25, 0.3) is 0 Å². The van der Waals surface area contributed by atoms with Gasteiger partial charge in [0, 0.05) is 11.5 Å². The molecule has 3 aliphatic heterocycles. The number of carbonyl (C=O) groups is 2. The van der Waals surface area contributed by atoms with E-state index in [1.807, 2.05) is 0 Å². The third-order valence-corrected chi connectivity index (χ3v) is 6.38. The molecule has 0 spiro atoms. The highest BCUT2D eigenvalue weighted by atomic mass is 16.8. The van der Waals surface area contributed by atoms with E-state index in [9.17, 15) is 45.3 Å². The van der Waals surface area contributed by atoms with Crippen molar-refractivity contribution in [3.63, 3.8) is 0 Å². The van der Waals surface area contributed by atoms with E-state index in [2.05, 4.69) is 6.58 Å². The third-order valence-electron chi connectivity index (χ3n) is 6.38. The normalized spacial score (nSPS) is 36.2. The van der Waals surface area contributed by atoms with Gasteiger partial charge in [0.25, 0.3) is 0 Å². The first-order valence-corrected chi connectivity index (χ1v) is 11.6. The summed E-state index contributed by atoms with van der Waals surface area (Å²) in [5.74, 6) is -4.11. The van der Waals surface area contributed by atoms with Crippen LogP contribution in [0.1, 0.15) is 0 Å². The SMILES string of the molecule is C=C[C@H]1[C@H](O[C@@H]2O[C@H](CO)[C@@H](O)[C@H](O)[C@H]2O)OC=C(C(=O)O)[C@H]1/C=C/C1=CC(C(=O)O)=C[NH+](CCO)C1. The first-order valence-electron chi connectivity index (χ1n) is 11.6. The Hall–Kier alpha value is -2.88. The summed E-state index contributed by atoms with van der Waals surface area (Å²) in [5, 5.41) is 68.1. The van der Waals surface area contributed by atoms with Gasteiger partial charge in [-0.05, 0) is 6.08 Å². The number of ether oxygens (including phenoxy) is 3. The molecule has 0 bridgehead atoms. The van der Waals surface area contributed by atoms with Gasteiger partial charge in [0.15, 0.2) is 6.29 Å². The van der Waals surface area contributed by atoms with E-state index in [-0.39, 0.29) is 24.3 Å². The van der Waals surface area contributed by atoms with E-state index in [0.717, 1.165) is 6.26 Å². The predicted octanol–water partition coefficient (Wildman–Crippen LogP) is -3.11. The summed E-state index contributed by atoms with van der Waals surface area (Å²) in [4.78, 5) is 24.1. The van der Waals surface area contributed by atoms with Gasteiger partial charge >= 0.3 is 11.9 Å². The molecule has 3 aliphatic rings. The lowest BCUT2D eigenvalue weighted by Gasteiger charge is -2.42. The van der Waals surface area contributed by atoms with Gasteiger partial charge in [-0.2, -0.15) is 0 Å². The molecule has 3 heterocycles. The molecular weight excluding hydrogens is 494 g/mol. The summed E-state index contributed by atoms with van der Waals surface area (Å²) in [6.07, 6.45) is -0.484. The highest BCUT2D eigenvalue weighted by Crippen LogP contribution is 2.36. The molecule has 0 saturated carbocycles. The van der Waals surface area contributed by atoms with E-state index in [1.165, 1.54) is 18.4 Å². The van der Waals surface area contributed by atoms with Crippen molar-refractivity contribution in [1.29, 1.82) is 0 Å². The highest BCUT2D eigenvalue weighted by Gasteiger charge is 2.47. The Labute approximate surface area is 212 Å². The molecule has 13 heteroatoms. The van der Waals surface area contributed by atoms with Crippen LogP contribution < -0.4 is 4.90 Å². The van der Waals surface area contributed by atoms with Crippen LogP contribution in [0.5, 0.6) is 0 Å². The number of nitrogens with one attached hydrogen (secondary N) is 1. The Morgan fingerprint density at radius 3 is 2.43 bits per heavy atom.